The summed E-state index contributed by atoms with van der Waals surface area (Å²) in [5.41, 5.74) is 1.57. The maximum atomic E-state index is 12.0. The molecule has 0 saturated carbocycles. The van der Waals surface area contributed by atoms with Crippen molar-refractivity contribution in [3.63, 3.8) is 0 Å². The van der Waals surface area contributed by atoms with Crippen molar-refractivity contribution in [3.05, 3.63) is 35.4 Å². The monoisotopic (exact) mass is 343 g/mol. The third kappa shape index (κ3) is 5.33. The predicted molar refractivity (Wildman–Crippen MR) is 92.7 cm³/mol. The Morgan fingerprint density at radius 1 is 1.28 bits per heavy atom. The summed E-state index contributed by atoms with van der Waals surface area (Å²) in [5.74, 6) is -1.09. The molecule has 2 rings (SSSR count). The fourth-order valence-electron chi connectivity index (χ4n) is 2.28. The molecule has 132 valence electrons. The van der Waals surface area contributed by atoms with Crippen molar-refractivity contribution in [3.8, 4) is 6.07 Å². The largest absolute Gasteiger partial charge is 0.451 e. The zero-order chi connectivity index (χ0) is 18.2. The lowest BCUT2D eigenvalue weighted by Crippen LogP contribution is -2.42. The van der Waals surface area contributed by atoms with Crippen molar-refractivity contribution >= 4 is 23.6 Å². The number of esters is 1. The first-order valence-corrected chi connectivity index (χ1v) is 7.93. The van der Waals surface area contributed by atoms with Crippen molar-refractivity contribution in [2.75, 3.05) is 51.9 Å². The van der Waals surface area contributed by atoms with Gasteiger partial charge in [0, 0.05) is 32.9 Å². The Labute approximate surface area is 147 Å². The first kappa shape index (κ1) is 18.5. The highest BCUT2D eigenvalue weighted by molar-refractivity contribution is 5.98. The zero-order valence-electron chi connectivity index (χ0n) is 14.4. The standard InChI is InChI=1S/C18H21N3O4/c1-20(2)16-5-3-14(4-6-16)11-15(12-19)18(23)25-13-17(22)21-7-9-24-10-8-21/h3-6,11H,7-10,13H2,1-2H3. The average Bonchev–Trinajstić information content (AvgIpc) is 2.64. The van der Waals surface area contributed by atoms with E-state index in [1.54, 1.807) is 17.0 Å². The van der Waals surface area contributed by atoms with Gasteiger partial charge in [0.25, 0.3) is 5.91 Å². The van der Waals surface area contributed by atoms with Crippen LogP contribution in [0.15, 0.2) is 29.8 Å². The van der Waals surface area contributed by atoms with Crippen LogP contribution in [0.25, 0.3) is 6.08 Å². The van der Waals surface area contributed by atoms with Crippen LogP contribution in [-0.2, 0) is 19.1 Å². The second-order valence-electron chi connectivity index (χ2n) is 5.73. The quantitative estimate of drug-likeness (QED) is 0.452. The molecule has 0 aliphatic carbocycles. The number of nitrogens with zero attached hydrogens (tertiary/aromatic N) is 3. The first-order chi connectivity index (χ1) is 12.0. The minimum Gasteiger partial charge on any atom is -0.451 e. The number of ether oxygens (including phenoxy) is 2. The maximum absolute atomic E-state index is 12.0. The van der Waals surface area contributed by atoms with E-state index in [4.69, 9.17) is 9.47 Å². The Morgan fingerprint density at radius 2 is 1.92 bits per heavy atom. The van der Waals surface area contributed by atoms with Crippen molar-refractivity contribution < 1.29 is 19.1 Å². The van der Waals surface area contributed by atoms with Crippen LogP contribution in [-0.4, -0.2) is 63.8 Å². The minimum atomic E-state index is -0.805. The van der Waals surface area contributed by atoms with Crippen LogP contribution in [0.5, 0.6) is 0 Å². The van der Waals surface area contributed by atoms with Gasteiger partial charge >= 0.3 is 5.97 Å². The molecular weight excluding hydrogens is 322 g/mol. The van der Waals surface area contributed by atoms with Gasteiger partial charge in [-0.15, -0.1) is 0 Å². The number of morpholine rings is 1. The van der Waals surface area contributed by atoms with E-state index in [-0.39, 0.29) is 18.1 Å². The average molecular weight is 343 g/mol. The summed E-state index contributed by atoms with van der Waals surface area (Å²) >= 11 is 0. The molecule has 1 amide bonds. The number of carbonyl (C=O) groups is 2. The van der Waals surface area contributed by atoms with Gasteiger partial charge in [0.1, 0.15) is 11.6 Å². The van der Waals surface area contributed by atoms with E-state index in [1.165, 1.54) is 6.08 Å². The number of carbonyl (C=O) groups excluding carboxylic acids is 2. The summed E-state index contributed by atoms with van der Waals surface area (Å²) in [5, 5.41) is 9.18. The Bertz CT molecular complexity index is 683. The second kappa shape index (κ2) is 8.85. The van der Waals surface area contributed by atoms with Gasteiger partial charge in [-0.1, -0.05) is 12.1 Å². The van der Waals surface area contributed by atoms with Gasteiger partial charge in [0.2, 0.25) is 0 Å². The fourth-order valence-corrected chi connectivity index (χ4v) is 2.28. The van der Waals surface area contributed by atoms with Gasteiger partial charge in [0.15, 0.2) is 6.61 Å². The molecule has 1 aliphatic rings. The fraction of sp³-hybridized carbons (Fsp3) is 0.389. The van der Waals surface area contributed by atoms with Crippen LogP contribution in [0.4, 0.5) is 5.69 Å². The molecule has 25 heavy (non-hydrogen) atoms. The zero-order valence-corrected chi connectivity index (χ0v) is 14.4. The molecule has 0 bridgehead atoms. The number of hydrogen-bond donors (Lipinski definition) is 0. The molecule has 0 unspecified atom stereocenters. The summed E-state index contributed by atoms with van der Waals surface area (Å²) < 4.78 is 10.1. The predicted octanol–water partition coefficient (Wildman–Crippen LogP) is 1.06. The minimum absolute atomic E-state index is 0.146. The highest BCUT2D eigenvalue weighted by Gasteiger charge is 2.19. The van der Waals surface area contributed by atoms with Crippen LogP contribution >= 0.6 is 0 Å². The molecule has 1 fully saturated rings. The maximum Gasteiger partial charge on any atom is 0.349 e. The lowest BCUT2D eigenvalue weighted by molar-refractivity contribution is -0.150. The van der Waals surface area contributed by atoms with Gasteiger partial charge in [-0.3, -0.25) is 4.79 Å². The Hall–Kier alpha value is -2.85. The molecule has 1 heterocycles. The molecular formula is C18H21N3O4. The third-order valence-corrected chi connectivity index (χ3v) is 3.75. The normalized spacial score (nSPS) is 14.6. The molecule has 1 aromatic rings. The Morgan fingerprint density at radius 3 is 2.48 bits per heavy atom. The SMILES string of the molecule is CN(C)c1ccc(C=C(C#N)C(=O)OCC(=O)N2CCOCC2)cc1. The smallest absolute Gasteiger partial charge is 0.349 e. The molecule has 7 heteroatoms. The van der Waals surface area contributed by atoms with E-state index >= 15 is 0 Å². The molecule has 0 N–H and O–H groups in total. The van der Waals surface area contributed by atoms with Gasteiger partial charge in [0.05, 0.1) is 13.2 Å². The van der Waals surface area contributed by atoms with E-state index in [2.05, 4.69) is 0 Å². The molecule has 1 aromatic carbocycles. The van der Waals surface area contributed by atoms with Crippen molar-refractivity contribution in [2.45, 2.75) is 0 Å². The number of hydrogen-bond acceptors (Lipinski definition) is 6. The first-order valence-electron chi connectivity index (χ1n) is 7.93. The molecule has 0 radical (unpaired) electrons. The van der Waals surface area contributed by atoms with Crippen LogP contribution in [0.3, 0.4) is 0 Å². The van der Waals surface area contributed by atoms with Gasteiger partial charge in [-0.25, -0.2) is 4.79 Å². The van der Waals surface area contributed by atoms with Crippen molar-refractivity contribution in [1.29, 1.82) is 5.26 Å². The molecule has 0 spiro atoms. The number of nitriles is 1. The highest BCUT2D eigenvalue weighted by atomic mass is 16.5. The van der Waals surface area contributed by atoms with Gasteiger partial charge < -0.3 is 19.3 Å². The van der Waals surface area contributed by atoms with Crippen LogP contribution in [0, 0.1) is 11.3 Å². The number of rotatable bonds is 5. The molecule has 1 saturated heterocycles. The van der Waals surface area contributed by atoms with E-state index in [9.17, 15) is 14.9 Å². The van der Waals surface area contributed by atoms with E-state index in [0.717, 1.165) is 5.69 Å². The summed E-state index contributed by atoms with van der Waals surface area (Å²) in [6.45, 7) is 1.54. The number of anilines is 1. The summed E-state index contributed by atoms with van der Waals surface area (Å²) in [6, 6.07) is 9.20. The summed E-state index contributed by atoms with van der Waals surface area (Å²) in [4.78, 5) is 27.5. The number of benzene rings is 1. The van der Waals surface area contributed by atoms with E-state index in [0.29, 0.717) is 31.9 Å². The Kier molecular flexibility index (Phi) is 6.54. The van der Waals surface area contributed by atoms with Crippen molar-refractivity contribution in [2.24, 2.45) is 0 Å². The van der Waals surface area contributed by atoms with Crippen LogP contribution < -0.4 is 4.90 Å². The molecule has 7 nitrogen and oxygen atoms in total. The van der Waals surface area contributed by atoms with Gasteiger partial charge in [-0.05, 0) is 23.8 Å². The molecule has 0 aromatic heterocycles. The lowest BCUT2D eigenvalue weighted by Gasteiger charge is -2.26. The van der Waals surface area contributed by atoms with E-state index in [1.807, 2.05) is 37.2 Å². The van der Waals surface area contributed by atoms with E-state index < -0.39 is 5.97 Å². The molecule has 1 aliphatic heterocycles. The highest BCUT2D eigenvalue weighted by Crippen LogP contribution is 2.15. The van der Waals surface area contributed by atoms with Gasteiger partial charge in [-0.2, -0.15) is 5.26 Å². The lowest BCUT2D eigenvalue weighted by atomic mass is 10.1. The Balaban J connectivity index is 1.95. The summed E-state index contributed by atoms with van der Waals surface area (Å²) in [7, 11) is 3.85. The summed E-state index contributed by atoms with van der Waals surface area (Å²) in [6.07, 6.45) is 1.45. The molecule has 0 atom stereocenters. The second-order valence-corrected chi connectivity index (χ2v) is 5.73. The van der Waals surface area contributed by atoms with Crippen LogP contribution in [0.1, 0.15) is 5.56 Å². The number of amides is 1. The van der Waals surface area contributed by atoms with Crippen LogP contribution in [0.2, 0.25) is 0 Å². The van der Waals surface area contributed by atoms with Crippen molar-refractivity contribution in [1.82, 2.24) is 4.90 Å². The third-order valence-electron chi connectivity index (χ3n) is 3.75. The topological polar surface area (TPSA) is 82.9 Å².